The molecule has 0 radical (unpaired) electrons. The standard InChI is InChI=1S/C12H27N4/c1-14-8-3-6-13-7-4-10-16(12-14)11-5-9-15(16)2/h13H,3-12H2,1-2H3/q+1. The molecule has 1 N–H and O–H groups in total. The Labute approximate surface area is 99.8 Å². The summed E-state index contributed by atoms with van der Waals surface area (Å²) in [6.07, 6.45) is 3.94. The summed E-state index contributed by atoms with van der Waals surface area (Å²) in [5.74, 6) is 0. The zero-order valence-corrected chi connectivity index (χ0v) is 10.9. The molecule has 16 heavy (non-hydrogen) atoms. The minimum absolute atomic E-state index is 1.18. The lowest BCUT2D eigenvalue weighted by atomic mass is 10.3. The van der Waals surface area contributed by atoms with Crippen LogP contribution in [-0.2, 0) is 0 Å². The molecule has 2 aliphatic heterocycles. The Morgan fingerprint density at radius 3 is 2.44 bits per heavy atom. The van der Waals surface area contributed by atoms with Gasteiger partial charge in [-0.2, -0.15) is 5.01 Å². The van der Waals surface area contributed by atoms with E-state index in [9.17, 15) is 0 Å². The predicted molar refractivity (Wildman–Crippen MR) is 66.8 cm³/mol. The maximum atomic E-state index is 3.54. The van der Waals surface area contributed by atoms with Crippen LogP contribution in [0.15, 0.2) is 0 Å². The lowest BCUT2D eigenvalue weighted by molar-refractivity contribution is -1.03. The number of hydrogen-bond acceptors (Lipinski definition) is 3. The monoisotopic (exact) mass is 227 g/mol. The fraction of sp³-hybridized carbons (Fsp3) is 1.00. The number of rotatable bonds is 0. The first-order valence-electron chi connectivity index (χ1n) is 6.70. The Kier molecular flexibility index (Phi) is 4.19. The Balaban J connectivity index is 2.01. The van der Waals surface area contributed by atoms with Crippen molar-refractivity contribution in [1.82, 2.24) is 15.2 Å². The van der Waals surface area contributed by atoms with Crippen molar-refractivity contribution in [3.05, 3.63) is 0 Å². The van der Waals surface area contributed by atoms with E-state index in [1.54, 1.807) is 0 Å². The van der Waals surface area contributed by atoms with Gasteiger partial charge in [0.15, 0.2) is 6.67 Å². The molecular formula is C12H27N4+. The van der Waals surface area contributed by atoms with Gasteiger partial charge in [0.25, 0.3) is 0 Å². The Morgan fingerprint density at radius 1 is 0.938 bits per heavy atom. The molecule has 0 amide bonds. The Hall–Kier alpha value is -0.160. The third-order valence-electron chi connectivity index (χ3n) is 4.11. The first-order valence-corrected chi connectivity index (χ1v) is 6.70. The molecule has 2 rings (SSSR count). The molecule has 0 saturated carbocycles. The second-order valence-electron chi connectivity index (χ2n) is 5.46. The number of nitrogens with zero attached hydrogens (tertiary/aromatic N) is 3. The highest BCUT2D eigenvalue weighted by atomic mass is 15.8. The second kappa shape index (κ2) is 5.45. The maximum absolute atomic E-state index is 3.54. The van der Waals surface area contributed by atoms with E-state index in [0.29, 0.717) is 0 Å². The first kappa shape index (κ1) is 12.3. The highest BCUT2D eigenvalue weighted by molar-refractivity contribution is 4.59. The zero-order chi connectivity index (χ0) is 11.4. The predicted octanol–water partition coefficient (Wildman–Crippen LogP) is 0.326. The summed E-state index contributed by atoms with van der Waals surface area (Å²) in [4.78, 5) is 2.51. The van der Waals surface area contributed by atoms with Crippen LogP contribution in [0.1, 0.15) is 19.3 Å². The fourth-order valence-corrected chi connectivity index (χ4v) is 3.13. The third-order valence-corrected chi connectivity index (χ3v) is 4.11. The summed E-state index contributed by atoms with van der Waals surface area (Å²) in [7, 11) is 4.56. The molecule has 4 nitrogen and oxygen atoms in total. The molecule has 4 heteroatoms. The maximum Gasteiger partial charge on any atom is 0.152 e. The minimum atomic E-state index is 1.18. The van der Waals surface area contributed by atoms with E-state index >= 15 is 0 Å². The molecule has 1 spiro atoms. The lowest BCUT2D eigenvalue weighted by Gasteiger charge is -2.42. The van der Waals surface area contributed by atoms with Crippen LogP contribution in [0.5, 0.6) is 0 Å². The third kappa shape index (κ3) is 2.74. The minimum Gasteiger partial charge on any atom is -0.316 e. The van der Waals surface area contributed by atoms with Crippen molar-refractivity contribution in [1.29, 1.82) is 0 Å². The first-order chi connectivity index (χ1) is 7.73. The van der Waals surface area contributed by atoms with Gasteiger partial charge in [-0.3, -0.25) is 4.90 Å². The van der Waals surface area contributed by atoms with Crippen LogP contribution < -0.4 is 5.32 Å². The number of quaternary nitrogens is 1. The molecule has 0 aromatic rings. The van der Waals surface area contributed by atoms with Gasteiger partial charge >= 0.3 is 0 Å². The van der Waals surface area contributed by atoms with E-state index in [0.717, 1.165) is 0 Å². The van der Waals surface area contributed by atoms with Gasteiger partial charge in [0, 0.05) is 33.0 Å². The molecule has 1 atom stereocenters. The summed E-state index contributed by atoms with van der Waals surface area (Å²) in [5, 5.41) is 6.10. The molecule has 94 valence electrons. The van der Waals surface area contributed by atoms with Crippen LogP contribution in [-0.4, -0.2) is 74.5 Å². The van der Waals surface area contributed by atoms with E-state index in [1.807, 2.05) is 0 Å². The van der Waals surface area contributed by atoms with Gasteiger partial charge in [0.05, 0.1) is 19.6 Å². The topological polar surface area (TPSA) is 18.5 Å². The van der Waals surface area contributed by atoms with Crippen LogP contribution in [0, 0.1) is 0 Å². The molecule has 0 aromatic heterocycles. The van der Waals surface area contributed by atoms with Gasteiger partial charge in [-0.15, -0.1) is 0 Å². The summed E-state index contributed by atoms with van der Waals surface area (Å²) < 4.78 is 1.19. The van der Waals surface area contributed by atoms with Crippen LogP contribution in [0.4, 0.5) is 0 Å². The van der Waals surface area contributed by atoms with E-state index in [1.165, 1.54) is 69.8 Å². The number of hydrogen-bond donors (Lipinski definition) is 1. The molecule has 1 unspecified atom stereocenters. The summed E-state index contributed by atoms with van der Waals surface area (Å²) in [5.41, 5.74) is 0. The highest BCUT2D eigenvalue weighted by Gasteiger charge is 2.38. The molecule has 0 aromatic carbocycles. The van der Waals surface area contributed by atoms with Crippen molar-refractivity contribution in [2.24, 2.45) is 0 Å². The summed E-state index contributed by atoms with van der Waals surface area (Å²) in [6.45, 7) is 8.70. The van der Waals surface area contributed by atoms with Crippen LogP contribution >= 0.6 is 0 Å². The van der Waals surface area contributed by atoms with Crippen molar-refractivity contribution in [2.45, 2.75) is 19.3 Å². The average Bonchev–Trinajstić information content (AvgIpc) is 2.59. The van der Waals surface area contributed by atoms with Crippen LogP contribution in [0.25, 0.3) is 0 Å². The van der Waals surface area contributed by atoms with Crippen LogP contribution in [0.2, 0.25) is 0 Å². The summed E-state index contributed by atoms with van der Waals surface area (Å²) >= 11 is 0. The molecule has 2 heterocycles. The van der Waals surface area contributed by atoms with Gasteiger partial charge in [0.2, 0.25) is 0 Å². The van der Waals surface area contributed by atoms with Crippen molar-refractivity contribution in [2.75, 3.05) is 60.0 Å². The van der Waals surface area contributed by atoms with Crippen LogP contribution in [0.3, 0.4) is 0 Å². The Bertz CT molecular complexity index is 221. The largest absolute Gasteiger partial charge is 0.316 e. The molecule has 2 aliphatic rings. The smallest absolute Gasteiger partial charge is 0.152 e. The quantitative estimate of drug-likeness (QED) is 0.602. The number of nitrogens with one attached hydrogen (secondary N) is 1. The lowest BCUT2D eigenvalue weighted by Crippen LogP contribution is -2.59. The normalized spacial score (nSPS) is 35.6. The van der Waals surface area contributed by atoms with E-state index in [2.05, 4.69) is 29.3 Å². The van der Waals surface area contributed by atoms with Crippen molar-refractivity contribution >= 4 is 0 Å². The van der Waals surface area contributed by atoms with Crippen molar-refractivity contribution in [3.63, 3.8) is 0 Å². The second-order valence-corrected chi connectivity index (χ2v) is 5.46. The SMILES string of the molecule is CN1CCCNCCC[N+]2(CCCN2C)C1. The summed E-state index contributed by atoms with van der Waals surface area (Å²) in [6, 6.07) is 0. The molecule has 0 bridgehead atoms. The van der Waals surface area contributed by atoms with E-state index in [-0.39, 0.29) is 0 Å². The van der Waals surface area contributed by atoms with Gasteiger partial charge in [0.1, 0.15) is 0 Å². The molecular weight excluding hydrogens is 200 g/mol. The van der Waals surface area contributed by atoms with Gasteiger partial charge in [-0.1, -0.05) is 0 Å². The van der Waals surface area contributed by atoms with Crippen molar-refractivity contribution in [3.8, 4) is 0 Å². The molecule has 2 fully saturated rings. The van der Waals surface area contributed by atoms with Gasteiger partial charge < -0.3 is 5.32 Å². The van der Waals surface area contributed by atoms with E-state index in [4.69, 9.17) is 0 Å². The Morgan fingerprint density at radius 2 is 1.69 bits per heavy atom. The van der Waals surface area contributed by atoms with E-state index < -0.39 is 0 Å². The zero-order valence-electron chi connectivity index (χ0n) is 10.9. The highest BCUT2D eigenvalue weighted by Crippen LogP contribution is 2.21. The van der Waals surface area contributed by atoms with Gasteiger partial charge in [-0.25, -0.2) is 4.59 Å². The fourth-order valence-electron chi connectivity index (χ4n) is 3.13. The van der Waals surface area contributed by atoms with Crippen molar-refractivity contribution < 1.29 is 4.59 Å². The molecule has 2 saturated heterocycles. The molecule has 0 aliphatic carbocycles. The average molecular weight is 227 g/mol. The van der Waals surface area contributed by atoms with Gasteiger partial charge in [-0.05, 0) is 20.0 Å².